The SMILES string of the molecule is O=C(NC1Cc2ccccc2C1)[C@]1(CCS(=O)(=O)c2ccccc2)N=C(c2ccc(OCCCO)cc2)O[C@@H]1c1ccc(Cl)cc1Cl. The van der Waals surface area contributed by atoms with Gasteiger partial charge in [0.1, 0.15) is 5.75 Å². The van der Waals surface area contributed by atoms with E-state index in [0.717, 1.165) is 11.1 Å². The fraction of sp³-hybridized carbons (Fsp3) is 0.278. The van der Waals surface area contributed by atoms with Crippen LogP contribution in [0.15, 0.2) is 107 Å². The summed E-state index contributed by atoms with van der Waals surface area (Å²) in [5.41, 5.74) is 1.65. The number of fused-ring (bicyclic) bond motifs is 1. The molecule has 244 valence electrons. The lowest BCUT2D eigenvalue weighted by Gasteiger charge is -2.32. The molecule has 8 nitrogen and oxygen atoms in total. The molecule has 1 aliphatic carbocycles. The fourth-order valence-corrected chi connectivity index (χ4v) is 7.96. The highest BCUT2D eigenvalue weighted by atomic mass is 35.5. The van der Waals surface area contributed by atoms with Crippen molar-refractivity contribution in [2.75, 3.05) is 19.0 Å². The molecule has 2 N–H and O–H groups in total. The number of halogens is 2. The number of hydrogen-bond donors (Lipinski definition) is 2. The number of aliphatic imine (C=N–C) groups is 1. The Morgan fingerprint density at radius 3 is 2.30 bits per heavy atom. The van der Waals surface area contributed by atoms with Crippen molar-refractivity contribution < 1.29 is 27.8 Å². The molecule has 6 rings (SSSR count). The van der Waals surface area contributed by atoms with Crippen molar-refractivity contribution in [3.05, 3.63) is 129 Å². The second-order valence-corrected chi connectivity index (χ2v) is 14.6. The van der Waals surface area contributed by atoms with Gasteiger partial charge in [-0.15, -0.1) is 0 Å². The van der Waals surface area contributed by atoms with Crippen LogP contribution in [0.1, 0.15) is 41.2 Å². The van der Waals surface area contributed by atoms with E-state index in [0.29, 0.717) is 47.8 Å². The molecular weight excluding hydrogens is 659 g/mol. The summed E-state index contributed by atoms with van der Waals surface area (Å²) in [5, 5.41) is 12.9. The summed E-state index contributed by atoms with van der Waals surface area (Å²) in [6.45, 7) is 0.378. The quantitative estimate of drug-likeness (QED) is 0.172. The van der Waals surface area contributed by atoms with Crippen LogP contribution in [0.2, 0.25) is 10.0 Å². The van der Waals surface area contributed by atoms with Gasteiger partial charge in [-0.25, -0.2) is 13.4 Å². The number of benzene rings is 4. The van der Waals surface area contributed by atoms with E-state index < -0.39 is 27.4 Å². The van der Waals surface area contributed by atoms with Gasteiger partial charge in [0.05, 0.1) is 17.3 Å². The highest BCUT2D eigenvalue weighted by molar-refractivity contribution is 7.91. The average Bonchev–Trinajstić information content (AvgIpc) is 3.67. The van der Waals surface area contributed by atoms with Crippen LogP contribution in [-0.4, -0.2) is 55.9 Å². The summed E-state index contributed by atoms with van der Waals surface area (Å²) in [7, 11) is -3.80. The fourth-order valence-electron chi connectivity index (χ4n) is 6.07. The third-order valence-corrected chi connectivity index (χ3v) is 10.8. The molecule has 0 unspecified atom stereocenters. The first-order valence-electron chi connectivity index (χ1n) is 15.4. The Hall–Kier alpha value is -3.89. The predicted octanol–water partition coefficient (Wildman–Crippen LogP) is 6.16. The average molecular weight is 694 g/mol. The Bertz CT molecular complexity index is 1860. The largest absolute Gasteiger partial charge is 0.494 e. The van der Waals surface area contributed by atoms with E-state index in [1.807, 2.05) is 24.3 Å². The molecule has 0 saturated carbocycles. The Balaban J connectivity index is 1.40. The monoisotopic (exact) mass is 692 g/mol. The third-order valence-electron chi connectivity index (χ3n) is 8.52. The van der Waals surface area contributed by atoms with Crippen molar-refractivity contribution in [1.29, 1.82) is 0 Å². The van der Waals surface area contributed by atoms with E-state index in [2.05, 4.69) is 5.32 Å². The number of nitrogens with zero attached hydrogens (tertiary/aromatic N) is 1. The normalized spacial score (nSPS) is 19.1. The molecule has 0 fully saturated rings. The lowest BCUT2D eigenvalue weighted by molar-refractivity contribution is -0.129. The molecule has 0 aromatic heterocycles. The highest BCUT2D eigenvalue weighted by Crippen LogP contribution is 2.46. The third kappa shape index (κ3) is 7.18. The lowest BCUT2D eigenvalue weighted by Crippen LogP contribution is -2.52. The van der Waals surface area contributed by atoms with Gasteiger partial charge in [0, 0.05) is 46.7 Å². The summed E-state index contributed by atoms with van der Waals surface area (Å²) in [4.78, 5) is 19.8. The van der Waals surface area contributed by atoms with Gasteiger partial charge in [0.2, 0.25) is 5.90 Å². The number of carbonyl (C=O) groups is 1. The molecule has 0 spiro atoms. The van der Waals surface area contributed by atoms with Gasteiger partial charge < -0.3 is 19.9 Å². The standard InChI is InChI=1S/C36H34Cl2N2O6S/c37-27-13-16-31(32(38)23-27)33-36(17-20-47(43,44)30-9-2-1-3-10-30,35(42)39-28-21-25-7-4-5-8-26(25)22-28)40-34(46-33)24-11-14-29(15-12-24)45-19-6-18-41/h1-5,7-16,23,28,33,41H,6,17-22H2,(H,39,42)/t33-,36-/m1/s1. The molecule has 4 aromatic carbocycles. The van der Waals surface area contributed by atoms with Crippen LogP contribution < -0.4 is 10.1 Å². The van der Waals surface area contributed by atoms with Crippen molar-refractivity contribution >= 4 is 44.8 Å². The van der Waals surface area contributed by atoms with Crippen molar-refractivity contribution in [1.82, 2.24) is 5.32 Å². The van der Waals surface area contributed by atoms with Crippen molar-refractivity contribution in [2.24, 2.45) is 4.99 Å². The lowest BCUT2D eigenvalue weighted by atomic mass is 9.84. The van der Waals surface area contributed by atoms with Gasteiger partial charge in [-0.05, 0) is 72.5 Å². The first kappa shape index (κ1) is 33.0. The first-order valence-corrected chi connectivity index (χ1v) is 17.8. The van der Waals surface area contributed by atoms with Crippen LogP contribution in [0.3, 0.4) is 0 Å². The van der Waals surface area contributed by atoms with E-state index in [1.54, 1.807) is 60.7 Å². The summed E-state index contributed by atoms with van der Waals surface area (Å²) in [6.07, 6.45) is 0.545. The maximum Gasteiger partial charge on any atom is 0.252 e. The van der Waals surface area contributed by atoms with E-state index in [4.69, 9.17) is 42.8 Å². The maximum absolute atomic E-state index is 14.7. The molecular formula is C36H34Cl2N2O6S. The summed E-state index contributed by atoms with van der Waals surface area (Å²) < 4.78 is 39.4. The second-order valence-electron chi connectivity index (χ2n) is 11.7. The minimum Gasteiger partial charge on any atom is -0.494 e. The molecule has 2 atom stereocenters. The molecule has 1 amide bonds. The van der Waals surface area contributed by atoms with Gasteiger partial charge in [0.25, 0.3) is 5.91 Å². The zero-order valence-electron chi connectivity index (χ0n) is 25.4. The van der Waals surface area contributed by atoms with Gasteiger partial charge in [-0.3, -0.25) is 4.79 Å². The van der Waals surface area contributed by atoms with E-state index in [9.17, 15) is 13.2 Å². The van der Waals surface area contributed by atoms with Crippen LogP contribution in [0.25, 0.3) is 0 Å². The van der Waals surface area contributed by atoms with Crippen molar-refractivity contribution in [2.45, 2.75) is 48.3 Å². The number of amides is 1. The summed E-state index contributed by atoms with van der Waals surface area (Å²) >= 11 is 13.0. The Morgan fingerprint density at radius 1 is 0.957 bits per heavy atom. The molecule has 11 heteroatoms. The molecule has 0 saturated heterocycles. The predicted molar refractivity (Wildman–Crippen MR) is 182 cm³/mol. The zero-order chi connectivity index (χ0) is 33.0. The molecule has 1 heterocycles. The van der Waals surface area contributed by atoms with Crippen LogP contribution in [0, 0.1) is 0 Å². The highest BCUT2D eigenvalue weighted by Gasteiger charge is 2.54. The summed E-state index contributed by atoms with van der Waals surface area (Å²) in [5.74, 6) is -0.0512. The van der Waals surface area contributed by atoms with E-state index in [-0.39, 0.29) is 40.6 Å². The number of rotatable bonds is 12. The summed E-state index contributed by atoms with van der Waals surface area (Å²) in [6, 6.07) is 27.9. The minimum atomic E-state index is -3.80. The Kier molecular flexibility index (Phi) is 9.89. The number of aliphatic hydroxyl groups is 1. The van der Waals surface area contributed by atoms with Gasteiger partial charge in [-0.2, -0.15) is 0 Å². The number of aliphatic hydroxyl groups excluding tert-OH is 1. The number of nitrogens with one attached hydrogen (secondary N) is 1. The molecule has 0 bridgehead atoms. The second kappa shape index (κ2) is 14.1. The van der Waals surface area contributed by atoms with E-state index in [1.165, 1.54) is 12.1 Å². The minimum absolute atomic E-state index is 0.0223. The Morgan fingerprint density at radius 2 is 1.64 bits per heavy atom. The molecule has 0 radical (unpaired) electrons. The van der Waals surface area contributed by atoms with E-state index >= 15 is 0 Å². The van der Waals surface area contributed by atoms with Gasteiger partial charge in [-0.1, -0.05) is 71.7 Å². The zero-order valence-corrected chi connectivity index (χ0v) is 27.8. The van der Waals surface area contributed by atoms with Crippen LogP contribution >= 0.6 is 23.2 Å². The van der Waals surface area contributed by atoms with Crippen molar-refractivity contribution in [3.8, 4) is 5.75 Å². The molecule has 1 aliphatic heterocycles. The molecule has 47 heavy (non-hydrogen) atoms. The molecule has 4 aromatic rings. The topological polar surface area (TPSA) is 114 Å². The number of sulfone groups is 1. The molecule has 2 aliphatic rings. The smallest absolute Gasteiger partial charge is 0.252 e. The van der Waals surface area contributed by atoms with Crippen molar-refractivity contribution in [3.63, 3.8) is 0 Å². The number of carbonyl (C=O) groups excluding carboxylic acids is 1. The first-order chi connectivity index (χ1) is 22.7. The number of hydrogen-bond acceptors (Lipinski definition) is 7. The van der Waals surface area contributed by atoms with Crippen LogP contribution in [-0.2, 0) is 32.2 Å². The van der Waals surface area contributed by atoms with Gasteiger partial charge >= 0.3 is 0 Å². The number of ether oxygens (including phenoxy) is 2. The Labute approximate surface area is 284 Å². The maximum atomic E-state index is 14.7. The van der Waals surface area contributed by atoms with Crippen LogP contribution in [0.5, 0.6) is 5.75 Å². The van der Waals surface area contributed by atoms with Gasteiger partial charge in [0.15, 0.2) is 21.5 Å². The van der Waals surface area contributed by atoms with Crippen LogP contribution in [0.4, 0.5) is 0 Å².